The second kappa shape index (κ2) is 6.32. The van der Waals surface area contributed by atoms with Crippen LogP contribution < -0.4 is 10.6 Å². The van der Waals surface area contributed by atoms with E-state index in [9.17, 15) is 13.6 Å². The number of likely N-dealkylation sites (N-methyl/N-ethyl adjacent to an activating group) is 1. The van der Waals surface area contributed by atoms with Crippen LogP contribution in [-0.4, -0.2) is 34.5 Å². The molecule has 24 heavy (non-hydrogen) atoms. The molecule has 0 radical (unpaired) electrons. The number of nitrogens with one attached hydrogen (secondary N) is 2. The molecule has 6 nitrogen and oxygen atoms in total. The van der Waals surface area contributed by atoms with Crippen molar-refractivity contribution in [3.63, 3.8) is 0 Å². The normalized spacial score (nSPS) is 12.3. The van der Waals surface area contributed by atoms with Crippen LogP contribution in [0.25, 0.3) is 5.65 Å². The lowest BCUT2D eigenvalue weighted by Crippen LogP contribution is -2.27. The zero-order valence-corrected chi connectivity index (χ0v) is 13.0. The van der Waals surface area contributed by atoms with E-state index in [4.69, 9.17) is 0 Å². The van der Waals surface area contributed by atoms with Gasteiger partial charge in [-0.1, -0.05) is 6.07 Å². The van der Waals surface area contributed by atoms with Gasteiger partial charge in [0, 0.05) is 7.05 Å². The lowest BCUT2D eigenvalue weighted by Gasteiger charge is -2.15. The van der Waals surface area contributed by atoms with Crippen LogP contribution in [0.3, 0.4) is 0 Å². The number of Topliss-reactive ketones (excluding diaryl/α,β-unsaturated/α-hetero) is 1. The molecule has 0 spiro atoms. The first-order chi connectivity index (χ1) is 11.5. The van der Waals surface area contributed by atoms with E-state index in [1.165, 1.54) is 10.6 Å². The highest BCUT2D eigenvalue weighted by atomic mass is 19.2. The summed E-state index contributed by atoms with van der Waals surface area (Å²) >= 11 is 0. The number of rotatable bonds is 5. The number of imidazole rings is 1. The summed E-state index contributed by atoms with van der Waals surface area (Å²) in [7, 11) is 3.30. The highest BCUT2D eigenvalue weighted by Gasteiger charge is 2.23. The fourth-order valence-corrected chi connectivity index (χ4v) is 2.42. The van der Waals surface area contributed by atoms with Gasteiger partial charge in [0.2, 0.25) is 5.78 Å². The van der Waals surface area contributed by atoms with E-state index in [0.717, 1.165) is 12.1 Å². The van der Waals surface area contributed by atoms with Gasteiger partial charge in [-0.2, -0.15) is 5.10 Å². The van der Waals surface area contributed by atoms with Crippen LogP contribution >= 0.6 is 0 Å². The van der Waals surface area contributed by atoms with E-state index >= 15 is 0 Å². The zero-order valence-electron chi connectivity index (χ0n) is 13.0. The van der Waals surface area contributed by atoms with E-state index in [0.29, 0.717) is 17.0 Å². The molecule has 0 saturated carbocycles. The highest BCUT2D eigenvalue weighted by molar-refractivity contribution is 5.99. The van der Waals surface area contributed by atoms with Crippen LogP contribution in [0, 0.1) is 11.6 Å². The van der Waals surface area contributed by atoms with Crippen LogP contribution in [0.1, 0.15) is 22.1 Å². The minimum atomic E-state index is -1.00. The monoisotopic (exact) mass is 331 g/mol. The van der Waals surface area contributed by atoms with Crippen LogP contribution in [0.4, 0.5) is 14.6 Å². The summed E-state index contributed by atoms with van der Waals surface area (Å²) in [6.07, 6.45) is 1.65. The summed E-state index contributed by atoms with van der Waals surface area (Å²) in [5.74, 6) is -1.70. The first-order valence-corrected chi connectivity index (χ1v) is 7.24. The van der Waals surface area contributed by atoms with Crippen molar-refractivity contribution in [3.05, 3.63) is 59.4 Å². The van der Waals surface area contributed by atoms with Gasteiger partial charge in [0.1, 0.15) is 11.5 Å². The molecule has 124 valence electrons. The molecule has 0 aliphatic heterocycles. The molecule has 3 rings (SSSR count). The van der Waals surface area contributed by atoms with Gasteiger partial charge in [0.25, 0.3) is 0 Å². The van der Waals surface area contributed by atoms with Crippen molar-refractivity contribution >= 4 is 17.2 Å². The number of fused-ring (bicyclic) bond motifs is 1. The average Bonchev–Trinajstić information content (AvgIpc) is 3.00. The fourth-order valence-electron chi connectivity index (χ4n) is 2.42. The van der Waals surface area contributed by atoms with Crippen molar-refractivity contribution < 1.29 is 13.6 Å². The Bertz CT molecular complexity index is 909. The standard InChI is InChI=1S/C16H15F2N5O/c1-19-13-8-23-14(21-13)6-5-12(22-23)16(24)15(20-2)9-3-4-10(17)11(18)7-9/h3-8,15,19-20H,1-2H3. The third-order valence-corrected chi connectivity index (χ3v) is 3.66. The number of anilines is 1. The Balaban J connectivity index is 1.97. The Morgan fingerprint density at radius 3 is 2.62 bits per heavy atom. The van der Waals surface area contributed by atoms with Crippen molar-refractivity contribution in [2.24, 2.45) is 0 Å². The molecule has 1 aromatic carbocycles. The molecule has 2 aromatic heterocycles. The van der Waals surface area contributed by atoms with Crippen molar-refractivity contribution in [2.75, 3.05) is 19.4 Å². The summed E-state index contributed by atoms with van der Waals surface area (Å²) in [5.41, 5.74) is 1.10. The molecule has 2 N–H and O–H groups in total. The molecule has 1 atom stereocenters. The van der Waals surface area contributed by atoms with Gasteiger partial charge in [-0.3, -0.25) is 4.79 Å². The number of hydrogen-bond donors (Lipinski definition) is 2. The minimum absolute atomic E-state index is 0.187. The van der Waals surface area contributed by atoms with Gasteiger partial charge in [-0.25, -0.2) is 18.3 Å². The number of benzene rings is 1. The van der Waals surface area contributed by atoms with Crippen molar-refractivity contribution in [1.82, 2.24) is 19.9 Å². The van der Waals surface area contributed by atoms with Crippen molar-refractivity contribution in [3.8, 4) is 0 Å². The van der Waals surface area contributed by atoms with Crippen LogP contribution in [0.2, 0.25) is 0 Å². The number of nitrogens with zero attached hydrogens (tertiary/aromatic N) is 3. The molecule has 2 heterocycles. The van der Waals surface area contributed by atoms with Gasteiger partial charge in [-0.15, -0.1) is 0 Å². The molecule has 0 saturated heterocycles. The minimum Gasteiger partial charge on any atom is -0.372 e. The summed E-state index contributed by atoms with van der Waals surface area (Å²) in [6, 6.07) is 5.74. The number of halogens is 2. The summed E-state index contributed by atoms with van der Waals surface area (Å²) in [4.78, 5) is 16.9. The smallest absolute Gasteiger partial charge is 0.204 e. The van der Waals surface area contributed by atoms with Gasteiger partial charge in [0.15, 0.2) is 17.3 Å². The van der Waals surface area contributed by atoms with Crippen molar-refractivity contribution in [2.45, 2.75) is 6.04 Å². The molecule has 0 aliphatic carbocycles. The number of ketones is 1. The first kappa shape index (κ1) is 16.0. The maximum Gasteiger partial charge on any atom is 0.204 e. The van der Waals surface area contributed by atoms with Gasteiger partial charge < -0.3 is 10.6 Å². The predicted molar refractivity (Wildman–Crippen MR) is 85.0 cm³/mol. The highest BCUT2D eigenvalue weighted by Crippen LogP contribution is 2.20. The quantitative estimate of drug-likeness (QED) is 0.701. The molecule has 0 amide bonds. The van der Waals surface area contributed by atoms with E-state index in [1.807, 2.05) is 0 Å². The van der Waals surface area contributed by atoms with E-state index < -0.39 is 17.7 Å². The predicted octanol–water partition coefficient (Wildman–Crippen LogP) is 2.19. The molecular weight excluding hydrogens is 316 g/mol. The second-order valence-electron chi connectivity index (χ2n) is 5.16. The van der Waals surface area contributed by atoms with Crippen LogP contribution in [0.15, 0.2) is 36.5 Å². The Labute approximate surface area is 136 Å². The largest absolute Gasteiger partial charge is 0.372 e. The number of aromatic nitrogens is 3. The summed E-state index contributed by atoms with van der Waals surface area (Å²) in [5, 5.41) is 9.94. The molecular formula is C16H15F2N5O. The lowest BCUT2D eigenvalue weighted by atomic mass is 10.0. The van der Waals surface area contributed by atoms with E-state index in [1.54, 1.807) is 32.4 Å². The third kappa shape index (κ3) is 2.83. The van der Waals surface area contributed by atoms with Gasteiger partial charge >= 0.3 is 0 Å². The molecule has 8 heteroatoms. The fraction of sp³-hybridized carbons (Fsp3) is 0.188. The topological polar surface area (TPSA) is 71.3 Å². The molecule has 3 aromatic rings. The maximum absolute atomic E-state index is 13.4. The molecule has 0 bridgehead atoms. The summed E-state index contributed by atoms with van der Waals surface area (Å²) < 4.78 is 28.0. The maximum atomic E-state index is 13.4. The van der Waals surface area contributed by atoms with Crippen LogP contribution in [0.5, 0.6) is 0 Å². The zero-order chi connectivity index (χ0) is 17.3. The summed E-state index contributed by atoms with van der Waals surface area (Å²) in [6.45, 7) is 0. The second-order valence-corrected chi connectivity index (χ2v) is 5.16. The van der Waals surface area contributed by atoms with E-state index in [2.05, 4.69) is 20.7 Å². The Morgan fingerprint density at radius 2 is 1.96 bits per heavy atom. The lowest BCUT2D eigenvalue weighted by molar-refractivity contribution is 0.0940. The number of carbonyl (C=O) groups excluding carboxylic acids is 1. The average molecular weight is 331 g/mol. The Hall–Kier alpha value is -2.87. The van der Waals surface area contributed by atoms with Gasteiger partial charge in [-0.05, 0) is 36.9 Å². The van der Waals surface area contributed by atoms with E-state index in [-0.39, 0.29) is 11.5 Å². The SMILES string of the molecule is CNc1cn2nc(C(=O)C(NC)c3ccc(F)c(F)c3)ccc2n1. The third-order valence-electron chi connectivity index (χ3n) is 3.66. The Morgan fingerprint density at radius 1 is 1.17 bits per heavy atom. The number of hydrogen-bond acceptors (Lipinski definition) is 5. The van der Waals surface area contributed by atoms with Crippen LogP contribution in [-0.2, 0) is 0 Å². The molecule has 0 aliphatic rings. The molecule has 0 fully saturated rings. The van der Waals surface area contributed by atoms with Crippen molar-refractivity contribution in [1.29, 1.82) is 0 Å². The number of carbonyl (C=O) groups is 1. The van der Waals surface area contributed by atoms with Gasteiger partial charge in [0.05, 0.1) is 12.2 Å². The Kier molecular flexibility index (Phi) is 4.22. The first-order valence-electron chi connectivity index (χ1n) is 7.24. The molecule has 1 unspecified atom stereocenters.